The van der Waals surface area contributed by atoms with Gasteiger partial charge in [-0.1, -0.05) is 18.2 Å². The van der Waals surface area contributed by atoms with E-state index < -0.39 is 5.60 Å². The maximum absolute atomic E-state index is 10.9. The van der Waals surface area contributed by atoms with Crippen molar-refractivity contribution >= 4 is 10.9 Å². The maximum Gasteiger partial charge on any atom is 0.0910 e. The number of pyridine rings is 1. The predicted octanol–water partition coefficient (Wildman–Crippen LogP) is 2.54. The van der Waals surface area contributed by atoms with Crippen molar-refractivity contribution in [2.24, 2.45) is 0 Å². The first-order valence-corrected chi connectivity index (χ1v) is 6.94. The topological polar surface area (TPSA) is 36.4 Å². The maximum atomic E-state index is 10.9. The number of hydrogen-bond donors (Lipinski definition) is 1. The molecule has 1 aliphatic heterocycles. The minimum absolute atomic E-state index is 0.698. The van der Waals surface area contributed by atoms with Gasteiger partial charge in [0.05, 0.1) is 11.1 Å². The summed E-state index contributed by atoms with van der Waals surface area (Å²) in [5, 5.41) is 12.1. The van der Waals surface area contributed by atoms with Crippen molar-refractivity contribution < 1.29 is 5.11 Å². The van der Waals surface area contributed by atoms with Gasteiger partial charge in [0, 0.05) is 18.1 Å². The van der Waals surface area contributed by atoms with Crippen molar-refractivity contribution in [3.8, 4) is 0 Å². The van der Waals surface area contributed by atoms with Gasteiger partial charge in [0.25, 0.3) is 0 Å². The summed E-state index contributed by atoms with van der Waals surface area (Å²) in [5.41, 5.74) is 1.27. The highest BCUT2D eigenvalue weighted by atomic mass is 16.3. The first-order chi connectivity index (χ1) is 9.17. The lowest BCUT2D eigenvalue weighted by Crippen LogP contribution is -2.27. The molecule has 1 saturated heterocycles. The molecule has 3 rings (SSSR count). The zero-order valence-electron chi connectivity index (χ0n) is 11.3. The molecule has 0 saturated carbocycles. The molecule has 1 aromatic heterocycles. The van der Waals surface area contributed by atoms with Crippen LogP contribution in [0, 0.1) is 0 Å². The number of nitrogens with zero attached hydrogens (tertiary/aromatic N) is 2. The number of hydrogen-bond acceptors (Lipinski definition) is 3. The summed E-state index contributed by atoms with van der Waals surface area (Å²) in [4.78, 5) is 6.67. The fraction of sp³-hybridized carbons (Fsp3) is 0.438. The molecule has 2 aromatic rings. The average Bonchev–Trinajstić information content (AvgIpc) is 2.61. The van der Waals surface area contributed by atoms with Crippen LogP contribution in [0.1, 0.15) is 24.8 Å². The van der Waals surface area contributed by atoms with Gasteiger partial charge in [0.1, 0.15) is 0 Å². The monoisotopic (exact) mass is 256 g/mol. The molecule has 100 valence electrons. The van der Waals surface area contributed by atoms with E-state index in [4.69, 9.17) is 0 Å². The smallest absolute Gasteiger partial charge is 0.0910 e. The predicted molar refractivity (Wildman–Crippen MR) is 77.0 cm³/mol. The van der Waals surface area contributed by atoms with Crippen LogP contribution in [0.4, 0.5) is 0 Å². The molecule has 0 bridgehead atoms. The zero-order chi connectivity index (χ0) is 13.3. The number of aromatic nitrogens is 1. The first kappa shape index (κ1) is 12.6. The van der Waals surface area contributed by atoms with Crippen LogP contribution in [0.2, 0.25) is 0 Å². The van der Waals surface area contributed by atoms with Crippen LogP contribution >= 0.6 is 0 Å². The number of aliphatic hydroxyl groups is 1. The summed E-state index contributed by atoms with van der Waals surface area (Å²) in [6.45, 7) is 2.00. The molecule has 1 atom stereocenters. The molecule has 3 nitrogen and oxygen atoms in total. The third kappa shape index (κ3) is 2.48. The highest BCUT2D eigenvalue weighted by Crippen LogP contribution is 2.33. The second kappa shape index (κ2) is 4.91. The molecule has 1 unspecified atom stereocenters. The number of rotatable bonds is 1. The van der Waals surface area contributed by atoms with Crippen molar-refractivity contribution in [1.82, 2.24) is 9.88 Å². The molecular weight excluding hydrogens is 236 g/mol. The summed E-state index contributed by atoms with van der Waals surface area (Å²) in [6, 6.07) is 10.1. The third-order valence-electron chi connectivity index (χ3n) is 4.18. The molecule has 1 N–H and O–H groups in total. The summed E-state index contributed by atoms with van der Waals surface area (Å²) in [5.74, 6) is 0. The molecule has 0 spiro atoms. The van der Waals surface area contributed by atoms with E-state index in [9.17, 15) is 5.11 Å². The Morgan fingerprint density at radius 1 is 1.21 bits per heavy atom. The van der Waals surface area contributed by atoms with Gasteiger partial charge in [-0.3, -0.25) is 4.98 Å². The number of fused-ring (bicyclic) bond motifs is 1. The molecule has 0 aliphatic carbocycles. The summed E-state index contributed by atoms with van der Waals surface area (Å²) in [6.07, 6.45) is 4.46. The van der Waals surface area contributed by atoms with Crippen molar-refractivity contribution in [2.45, 2.75) is 24.9 Å². The fourth-order valence-corrected chi connectivity index (χ4v) is 2.90. The second-order valence-corrected chi connectivity index (χ2v) is 5.60. The SMILES string of the molecule is CN1CCCC(O)(c2ccc3cccnc3c2)CC1. The van der Waals surface area contributed by atoms with Gasteiger partial charge in [-0.2, -0.15) is 0 Å². The van der Waals surface area contributed by atoms with Crippen LogP contribution in [0.3, 0.4) is 0 Å². The molecule has 0 radical (unpaired) electrons. The summed E-state index contributed by atoms with van der Waals surface area (Å²) < 4.78 is 0. The highest BCUT2D eigenvalue weighted by Gasteiger charge is 2.31. The molecule has 19 heavy (non-hydrogen) atoms. The minimum atomic E-state index is -0.698. The lowest BCUT2D eigenvalue weighted by Gasteiger charge is -2.27. The van der Waals surface area contributed by atoms with Crippen molar-refractivity contribution in [3.05, 3.63) is 42.1 Å². The summed E-state index contributed by atoms with van der Waals surface area (Å²) in [7, 11) is 2.12. The van der Waals surface area contributed by atoms with Gasteiger partial charge >= 0.3 is 0 Å². The second-order valence-electron chi connectivity index (χ2n) is 5.60. The lowest BCUT2D eigenvalue weighted by atomic mass is 9.86. The number of benzene rings is 1. The average molecular weight is 256 g/mol. The Bertz CT molecular complexity index is 584. The minimum Gasteiger partial charge on any atom is -0.385 e. The van der Waals surface area contributed by atoms with Crippen LogP contribution in [0.25, 0.3) is 10.9 Å². The van der Waals surface area contributed by atoms with E-state index in [1.807, 2.05) is 12.1 Å². The van der Waals surface area contributed by atoms with Gasteiger partial charge in [0.2, 0.25) is 0 Å². The van der Waals surface area contributed by atoms with Crippen LogP contribution in [-0.4, -0.2) is 35.1 Å². The van der Waals surface area contributed by atoms with Gasteiger partial charge in [-0.05, 0) is 50.6 Å². The molecule has 1 aliphatic rings. The molecule has 2 heterocycles. The Hall–Kier alpha value is -1.45. The van der Waals surface area contributed by atoms with E-state index in [1.165, 1.54) is 0 Å². The normalized spacial score (nSPS) is 25.4. The Morgan fingerprint density at radius 3 is 3.00 bits per heavy atom. The van der Waals surface area contributed by atoms with E-state index in [2.05, 4.69) is 35.1 Å². The van der Waals surface area contributed by atoms with Crippen LogP contribution in [-0.2, 0) is 5.60 Å². The van der Waals surface area contributed by atoms with E-state index in [-0.39, 0.29) is 0 Å². The van der Waals surface area contributed by atoms with Crippen LogP contribution < -0.4 is 0 Å². The van der Waals surface area contributed by atoms with Crippen molar-refractivity contribution in [3.63, 3.8) is 0 Å². The standard InChI is InChI=1S/C16H20N2O/c1-18-10-3-7-16(19,8-11-18)14-6-5-13-4-2-9-17-15(13)12-14/h2,4-6,9,12,19H,3,7-8,10-11H2,1H3. The Balaban J connectivity index is 1.97. The third-order valence-corrected chi connectivity index (χ3v) is 4.18. The Labute approximate surface area is 113 Å². The first-order valence-electron chi connectivity index (χ1n) is 6.94. The molecule has 1 aromatic carbocycles. The van der Waals surface area contributed by atoms with Gasteiger partial charge in [-0.25, -0.2) is 0 Å². The van der Waals surface area contributed by atoms with Crippen LogP contribution in [0.15, 0.2) is 36.5 Å². The Morgan fingerprint density at radius 2 is 2.11 bits per heavy atom. The summed E-state index contributed by atoms with van der Waals surface area (Å²) >= 11 is 0. The van der Waals surface area contributed by atoms with Crippen LogP contribution in [0.5, 0.6) is 0 Å². The zero-order valence-corrected chi connectivity index (χ0v) is 11.3. The highest BCUT2D eigenvalue weighted by molar-refractivity contribution is 5.79. The molecule has 1 fully saturated rings. The van der Waals surface area contributed by atoms with Gasteiger partial charge < -0.3 is 10.0 Å². The molecule has 0 amide bonds. The molecule has 3 heteroatoms. The van der Waals surface area contributed by atoms with Crippen molar-refractivity contribution in [1.29, 1.82) is 0 Å². The van der Waals surface area contributed by atoms with E-state index >= 15 is 0 Å². The van der Waals surface area contributed by atoms with E-state index in [0.29, 0.717) is 0 Å². The van der Waals surface area contributed by atoms with E-state index in [1.54, 1.807) is 6.20 Å². The van der Waals surface area contributed by atoms with Gasteiger partial charge in [-0.15, -0.1) is 0 Å². The fourth-order valence-electron chi connectivity index (χ4n) is 2.90. The largest absolute Gasteiger partial charge is 0.385 e. The Kier molecular flexibility index (Phi) is 3.25. The quantitative estimate of drug-likeness (QED) is 0.852. The lowest BCUT2D eigenvalue weighted by molar-refractivity contribution is 0.0219. The molecular formula is C16H20N2O. The van der Waals surface area contributed by atoms with Crippen molar-refractivity contribution in [2.75, 3.05) is 20.1 Å². The van der Waals surface area contributed by atoms with E-state index in [0.717, 1.165) is 48.8 Å². The number of likely N-dealkylation sites (tertiary alicyclic amines) is 1. The van der Waals surface area contributed by atoms with Gasteiger partial charge in [0.15, 0.2) is 0 Å².